The first-order chi connectivity index (χ1) is 14.6. The standard InChI is InChI=1S/C23H26FN5O.ClH/c1-16(17-4-6-18(24)7-5-17)11-22-27-19(12-20-14-25-8-9-26-20)13-23(28-22)29-10-2-3-21(29)15-30;/h4-9,13-14,16,21,30H,2-3,10-12,15H2,1H3;1H/t16-,21+;/m1./s1. The quantitative estimate of drug-likeness (QED) is 0.599. The summed E-state index contributed by atoms with van der Waals surface area (Å²) in [4.78, 5) is 20.3. The van der Waals surface area contributed by atoms with Crippen LogP contribution in [0.1, 0.15) is 48.5 Å². The van der Waals surface area contributed by atoms with Gasteiger partial charge in [0.1, 0.15) is 17.5 Å². The number of benzene rings is 1. The molecule has 1 saturated heterocycles. The molecule has 0 amide bonds. The number of nitrogens with zero attached hydrogens (tertiary/aromatic N) is 5. The molecule has 2 atom stereocenters. The van der Waals surface area contributed by atoms with Crippen LogP contribution in [0, 0.1) is 5.82 Å². The highest BCUT2D eigenvalue weighted by Gasteiger charge is 2.26. The third-order valence-corrected chi connectivity index (χ3v) is 5.60. The van der Waals surface area contributed by atoms with Crippen molar-refractivity contribution in [2.75, 3.05) is 18.1 Å². The van der Waals surface area contributed by atoms with Crippen molar-refractivity contribution >= 4 is 18.2 Å². The van der Waals surface area contributed by atoms with Crippen molar-refractivity contribution in [2.24, 2.45) is 0 Å². The van der Waals surface area contributed by atoms with Crippen molar-refractivity contribution in [3.05, 3.63) is 77.5 Å². The summed E-state index contributed by atoms with van der Waals surface area (Å²) in [6, 6.07) is 8.68. The molecule has 3 heterocycles. The minimum Gasteiger partial charge on any atom is -0.394 e. The Balaban J connectivity index is 0.00000272. The lowest BCUT2D eigenvalue weighted by atomic mass is 9.97. The van der Waals surface area contributed by atoms with E-state index in [9.17, 15) is 9.50 Å². The Bertz CT molecular complexity index is 973. The van der Waals surface area contributed by atoms with Crippen LogP contribution in [0.5, 0.6) is 0 Å². The molecule has 0 aliphatic carbocycles. The molecule has 1 aliphatic heterocycles. The average molecular weight is 444 g/mol. The highest BCUT2D eigenvalue weighted by molar-refractivity contribution is 5.85. The molecule has 0 radical (unpaired) electrons. The Kier molecular flexibility index (Phi) is 7.87. The molecule has 0 bridgehead atoms. The lowest BCUT2D eigenvalue weighted by Gasteiger charge is -2.25. The first-order valence-electron chi connectivity index (χ1n) is 10.4. The van der Waals surface area contributed by atoms with Crippen molar-refractivity contribution in [3.63, 3.8) is 0 Å². The third kappa shape index (κ3) is 5.74. The summed E-state index contributed by atoms with van der Waals surface area (Å²) in [6.07, 6.45) is 8.29. The normalized spacial score (nSPS) is 16.7. The smallest absolute Gasteiger partial charge is 0.132 e. The molecule has 8 heteroatoms. The van der Waals surface area contributed by atoms with E-state index in [4.69, 9.17) is 9.97 Å². The molecule has 2 aromatic heterocycles. The number of aromatic nitrogens is 4. The van der Waals surface area contributed by atoms with Crippen LogP contribution in [0.3, 0.4) is 0 Å². The van der Waals surface area contributed by atoms with Gasteiger partial charge in [-0.25, -0.2) is 14.4 Å². The minimum atomic E-state index is -0.237. The Morgan fingerprint density at radius 3 is 2.68 bits per heavy atom. The molecule has 1 aromatic carbocycles. The van der Waals surface area contributed by atoms with E-state index in [1.807, 2.05) is 18.2 Å². The van der Waals surface area contributed by atoms with Gasteiger partial charge in [-0.15, -0.1) is 12.4 Å². The van der Waals surface area contributed by atoms with Gasteiger partial charge in [0.25, 0.3) is 0 Å². The van der Waals surface area contributed by atoms with Crippen LogP contribution < -0.4 is 4.90 Å². The Hall–Kier alpha value is -2.64. The van der Waals surface area contributed by atoms with E-state index in [1.165, 1.54) is 12.1 Å². The van der Waals surface area contributed by atoms with Crippen LogP contribution in [0.4, 0.5) is 10.2 Å². The van der Waals surface area contributed by atoms with Gasteiger partial charge in [-0.3, -0.25) is 9.97 Å². The lowest BCUT2D eigenvalue weighted by molar-refractivity contribution is 0.266. The Morgan fingerprint density at radius 1 is 1.16 bits per heavy atom. The van der Waals surface area contributed by atoms with E-state index < -0.39 is 0 Å². The largest absolute Gasteiger partial charge is 0.394 e. The van der Waals surface area contributed by atoms with E-state index >= 15 is 0 Å². The maximum absolute atomic E-state index is 13.3. The molecule has 0 unspecified atom stereocenters. The summed E-state index contributed by atoms with van der Waals surface area (Å²) >= 11 is 0. The predicted octanol–water partition coefficient (Wildman–Crippen LogP) is 3.73. The molecular formula is C23H27ClFN5O. The summed E-state index contributed by atoms with van der Waals surface area (Å²) in [5.74, 6) is 1.51. The lowest BCUT2D eigenvalue weighted by Crippen LogP contribution is -2.33. The molecule has 1 fully saturated rings. The van der Waals surface area contributed by atoms with Crippen LogP contribution >= 0.6 is 12.4 Å². The van der Waals surface area contributed by atoms with Gasteiger partial charge in [0.2, 0.25) is 0 Å². The molecule has 4 rings (SSSR count). The summed E-state index contributed by atoms with van der Waals surface area (Å²) < 4.78 is 13.3. The van der Waals surface area contributed by atoms with Gasteiger partial charge in [0.05, 0.1) is 24.0 Å². The molecule has 0 saturated carbocycles. The summed E-state index contributed by atoms with van der Waals surface area (Å²) in [6.45, 7) is 3.09. The van der Waals surface area contributed by atoms with E-state index in [-0.39, 0.29) is 36.8 Å². The fourth-order valence-electron chi connectivity index (χ4n) is 3.98. The molecule has 1 N–H and O–H groups in total. The predicted molar refractivity (Wildman–Crippen MR) is 120 cm³/mol. The Labute approximate surface area is 188 Å². The van der Waals surface area contributed by atoms with Gasteiger partial charge < -0.3 is 10.0 Å². The van der Waals surface area contributed by atoms with Crippen molar-refractivity contribution in [2.45, 2.75) is 44.6 Å². The molecule has 0 spiro atoms. The molecule has 164 valence electrons. The summed E-state index contributed by atoms with van der Waals surface area (Å²) in [5, 5.41) is 9.75. The number of hydrogen-bond acceptors (Lipinski definition) is 6. The fourth-order valence-corrected chi connectivity index (χ4v) is 3.98. The second-order valence-corrected chi connectivity index (χ2v) is 7.84. The first-order valence-corrected chi connectivity index (χ1v) is 10.4. The van der Waals surface area contributed by atoms with E-state index in [0.29, 0.717) is 12.8 Å². The third-order valence-electron chi connectivity index (χ3n) is 5.60. The van der Waals surface area contributed by atoms with Crippen molar-refractivity contribution < 1.29 is 9.50 Å². The zero-order valence-corrected chi connectivity index (χ0v) is 18.3. The number of anilines is 1. The first kappa shape index (κ1) is 23.0. The van der Waals surface area contributed by atoms with E-state index in [0.717, 1.165) is 48.0 Å². The number of rotatable bonds is 7. The van der Waals surface area contributed by atoms with Crippen LogP contribution in [0.15, 0.2) is 48.9 Å². The van der Waals surface area contributed by atoms with Gasteiger partial charge in [-0.2, -0.15) is 0 Å². The van der Waals surface area contributed by atoms with Crippen LogP contribution in [0.25, 0.3) is 0 Å². The van der Waals surface area contributed by atoms with Crippen LogP contribution in [-0.4, -0.2) is 44.2 Å². The van der Waals surface area contributed by atoms with Crippen molar-refractivity contribution in [3.8, 4) is 0 Å². The number of aliphatic hydroxyl groups is 1. The van der Waals surface area contributed by atoms with E-state index in [1.54, 1.807) is 18.6 Å². The second-order valence-electron chi connectivity index (χ2n) is 7.84. The van der Waals surface area contributed by atoms with Gasteiger partial charge in [-0.1, -0.05) is 19.1 Å². The highest BCUT2D eigenvalue weighted by Crippen LogP contribution is 2.26. The number of aliphatic hydroxyl groups excluding tert-OH is 1. The van der Waals surface area contributed by atoms with Gasteiger partial charge >= 0.3 is 0 Å². The van der Waals surface area contributed by atoms with Crippen molar-refractivity contribution in [1.29, 1.82) is 0 Å². The zero-order valence-electron chi connectivity index (χ0n) is 17.5. The molecule has 6 nitrogen and oxygen atoms in total. The molecule has 31 heavy (non-hydrogen) atoms. The van der Waals surface area contributed by atoms with Crippen molar-refractivity contribution in [1.82, 2.24) is 19.9 Å². The van der Waals surface area contributed by atoms with Gasteiger partial charge in [-0.05, 0) is 36.5 Å². The molecule has 1 aliphatic rings. The topological polar surface area (TPSA) is 75.0 Å². The van der Waals surface area contributed by atoms with E-state index in [2.05, 4.69) is 21.8 Å². The zero-order chi connectivity index (χ0) is 20.9. The maximum Gasteiger partial charge on any atom is 0.132 e. The minimum absolute atomic E-state index is 0. The highest BCUT2D eigenvalue weighted by atomic mass is 35.5. The molecule has 3 aromatic rings. The van der Waals surface area contributed by atoms with Gasteiger partial charge in [0, 0.05) is 44.0 Å². The van der Waals surface area contributed by atoms with Crippen LogP contribution in [0.2, 0.25) is 0 Å². The maximum atomic E-state index is 13.3. The number of halogens is 2. The summed E-state index contributed by atoms with van der Waals surface area (Å²) in [5.41, 5.74) is 2.78. The van der Waals surface area contributed by atoms with Crippen LogP contribution in [-0.2, 0) is 12.8 Å². The SMILES string of the molecule is C[C@H](Cc1nc(Cc2cnccn2)cc(N2CCC[C@H]2CO)n1)c1ccc(F)cc1.Cl. The number of hydrogen-bond donors (Lipinski definition) is 1. The monoisotopic (exact) mass is 443 g/mol. The van der Waals surface area contributed by atoms with Gasteiger partial charge in [0.15, 0.2) is 0 Å². The Morgan fingerprint density at radius 2 is 1.97 bits per heavy atom. The fraction of sp³-hybridized carbons (Fsp3) is 0.391. The molecular weight excluding hydrogens is 417 g/mol. The average Bonchev–Trinajstić information content (AvgIpc) is 3.24. The summed E-state index contributed by atoms with van der Waals surface area (Å²) in [7, 11) is 0. The second kappa shape index (κ2) is 10.6.